The van der Waals surface area contributed by atoms with Crippen molar-refractivity contribution in [2.45, 2.75) is 18.8 Å². The van der Waals surface area contributed by atoms with Gasteiger partial charge in [0, 0.05) is 19.3 Å². The van der Waals surface area contributed by atoms with Crippen molar-refractivity contribution in [1.29, 1.82) is 5.26 Å². The van der Waals surface area contributed by atoms with Crippen molar-refractivity contribution in [3.63, 3.8) is 0 Å². The number of halogens is 3. The molecular weight excluding hydrogens is 351 g/mol. The molecule has 1 atom stereocenters. The van der Waals surface area contributed by atoms with Gasteiger partial charge in [-0.3, -0.25) is 4.79 Å². The van der Waals surface area contributed by atoms with Crippen LogP contribution < -0.4 is 10.9 Å². The van der Waals surface area contributed by atoms with Crippen LogP contribution in [0, 0.1) is 11.3 Å². The zero-order chi connectivity index (χ0) is 19.3. The summed E-state index contributed by atoms with van der Waals surface area (Å²) in [6.07, 6.45) is -5.23. The van der Waals surface area contributed by atoms with Gasteiger partial charge in [0.1, 0.15) is 6.10 Å². The van der Waals surface area contributed by atoms with Crippen molar-refractivity contribution in [1.82, 2.24) is 9.88 Å². The number of benzene rings is 1. The summed E-state index contributed by atoms with van der Waals surface area (Å²) in [6.45, 7) is -0.209. The van der Waals surface area contributed by atoms with Crippen LogP contribution in [-0.4, -0.2) is 17.7 Å². The van der Waals surface area contributed by atoms with Gasteiger partial charge in [0.05, 0.1) is 23.7 Å². The SMILES string of the molecule is CNC(=O)OC(Cn1ccc(C#N)cc1=O)c1cccc(C(F)(F)F)c1. The molecule has 0 fully saturated rings. The standard InChI is InChI=1S/C17H14F3N3O3/c1-22-16(25)26-14(10-23-6-5-11(9-21)7-15(23)24)12-3-2-4-13(8-12)17(18,19)20/h2-8,14H,10H2,1H3,(H,22,25). The number of aromatic nitrogens is 1. The first-order chi connectivity index (χ1) is 12.2. The molecule has 1 aromatic heterocycles. The molecule has 0 aliphatic carbocycles. The van der Waals surface area contributed by atoms with Crippen LogP contribution in [-0.2, 0) is 17.5 Å². The maximum Gasteiger partial charge on any atom is 0.416 e. The molecule has 0 saturated heterocycles. The summed E-state index contributed by atoms with van der Waals surface area (Å²) in [7, 11) is 1.30. The van der Waals surface area contributed by atoms with Gasteiger partial charge in [-0.25, -0.2) is 4.79 Å². The molecule has 1 heterocycles. The molecule has 1 N–H and O–H groups in total. The first-order valence-corrected chi connectivity index (χ1v) is 7.40. The number of pyridine rings is 1. The van der Waals surface area contributed by atoms with E-state index in [-0.39, 0.29) is 17.7 Å². The number of carbonyl (C=O) groups is 1. The van der Waals surface area contributed by atoms with Crippen LogP contribution in [0.2, 0.25) is 0 Å². The molecule has 136 valence electrons. The topological polar surface area (TPSA) is 84.1 Å². The number of hydrogen-bond acceptors (Lipinski definition) is 4. The minimum absolute atomic E-state index is 0.0830. The van der Waals surface area contributed by atoms with Crippen molar-refractivity contribution in [3.05, 3.63) is 69.6 Å². The second-order valence-electron chi connectivity index (χ2n) is 5.28. The van der Waals surface area contributed by atoms with Gasteiger partial charge in [-0.1, -0.05) is 12.1 Å². The molecule has 1 aromatic carbocycles. The molecule has 0 aliphatic heterocycles. The minimum atomic E-state index is -4.56. The number of ether oxygens (including phenoxy) is 1. The molecule has 26 heavy (non-hydrogen) atoms. The van der Waals surface area contributed by atoms with Gasteiger partial charge in [-0.05, 0) is 23.8 Å². The number of nitrogens with one attached hydrogen (secondary N) is 1. The average Bonchev–Trinajstić information content (AvgIpc) is 2.61. The molecule has 6 nitrogen and oxygen atoms in total. The Hall–Kier alpha value is -3.28. The molecule has 9 heteroatoms. The molecular formula is C17H14F3N3O3. The molecule has 1 amide bonds. The Bertz CT molecular complexity index is 900. The second-order valence-corrected chi connectivity index (χ2v) is 5.28. The molecule has 2 aromatic rings. The van der Waals surface area contributed by atoms with E-state index in [2.05, 4.69) is 5.32 Å². The summed E-state index contributed by atoms with van der Waals surface area (Å²) in [5.74, 6) is 0. The fraction of sp³-hybridized carbons (Fsp3) is 0.235. The smallest absolute Gasteiger partial charge is 0.416 e. The monoisotopic (exact) mass is 365 g/mol. The Morgan fingerprint density at radius 2 is 2.08 bits per heavy atom. The number of carbonyl (C=O) groups excluding carboxylic acids is 1. The van der Waals surface area contributed by atoms with Gasteiger partial charge in [0.25, 0.3) is 5.56 Å². The Morgan fingerprint density at radius 3 is 2.65 bits per heavy atom. The maximum absolute atomic E-state index is 12.9. The van der Waals surface area contributed by atoms with Crippen LogP contribution in [0.3, 0.4) is 0 Å². The predicted octanol–water partition coefficient (Wildman–Crippen LogP) is 2.84. The Kier molecular flexibility index (Phi) is 5.67. The van der Waals surface area contributed by atoms with Gasteiger partial charge in [0.15, 0.2) is 0 Å². The molecule has 0 saturated carbocycles. The zero-order valence-electron chi connectivity index (χ0n) is 13.6. The number of alkyl halides is 3. The lowest BCUT2D eigenvalue weighted by atomic mass is 10.1. The third kappa shape index (κ3) is 4.63. The van der Waals surface area contributed by atoms with Crippen LogP contribution in [0.5, 0.6) is 0 Å². The highest BCUT2D eigenvalue weighted by Gasteiger charge is 2.31. The summed E-state index contributed by atoms with van der Waals surface area (Å²) in [6, 6.07) is 8.61. The van der Waals surface area contributed by atoms with Gasteiger partial charge < -0.3 is 14.6 Å². The lowest BCUT2D eigenvalue weighted by Crippen LogP contribution is -2.28. The predicted molar refractivity (Wildman–Crippen MR) is 85.1 cm³/mol. The second kappa shape index (κ2) is 7.74. The third-order valence-corrected chi connectivity index (χ3v) is 3.53. The molecule has 2 rings (SSSR count). The van der Waals surface area contributed by atoms with Crippen molar-refractivity contribution < 1.29 is 22.7 Å². The first-order valence-electron chi connectivity index (χ1n) is 7.40. The van der Waals surface area contributed by atoms with Gasteiger partial charge in [-0.15, -0.1) is 0 Å². The highest BCUT2D eigenvalue weighted by molar-refractivity contribution is 5.67. The highest BCUT2D eigenvalue weighted by atomic mass is 19.4. The van der Waals surface area contributed by atoms with E-state index in [1.807, 2.05) is 6.07 Å². The highest BCUT2D eigenvalue weighted by Crippen LogP contribution is 2.31. The lowest BCUT2D eigenvalue weighted by molar-refractivity contribution is -0.137. The summed E-state index contributed by atoms with van der Waals surface area (Å²) in [5.41, 5.74) is -1.21. The fourth-order valence-electron chi connectivity index (χ4n) is 2.22. The van der Waals surface area contributed by atoms with E-state index in [0.717, 1.165) is 22.8 Å². The lowest BCUT2D eigenvalue weighted by Gasteiger charge is -2.20. The molecule has 0 bridgehead atoms. The quantitative estimate of drug-likeness (QED) is 0.903. The Morgan fingerprint density at radius 1 is 1.35 bits per heavy atom. The Labute approximate surface area is 146 Å². The zero-order valence-corrected chi connectivity index (χ0v) is 13.6. The minimum Gasteiger partial charge on any atom is -0.439 e. The van der Waals surface area contributed by atoms with Gasteiger partial charge in [0.2, 0.25) is 0 Å². The number of nitrogens with zero attached hydrogens (tertiary/aromatic N) is 2. The van der Waals surface area contributed by atoms with E-state index in [1.165, 1.54) is 31.4 Å². The van der Waals surface area contributed by atoms with Crippen LogP contribution in [0.15, 0.2) is 47.4 Å². The third-order valence-electron chi connectivity index (χ3n) is 3.53. The average molecular weight is 365 g/mol. The van der Waals surface area contributed by atoms with Crippen LogP contribution >= 0.6 is 0 Å². The molecule has 0 radical (unpaired) electrons. The number of alkyl carbamates (subject to hydrolysis) is 1. The van der Waals surface area contributed by atoms with Crippen LogP contribution in [0.25, 0.3) is 0 Å². The first kappa shape index (κ1) is 19.1. The summed E-state index contributed by atoms with van der Waals surface area (Å²) in [4.78, 5) is 23.6. The summed E-state index contributed by atoms with van der Waals surface area (Å²) < 4.78 is 45.1. The van der Waals surface area contributed by atoms with Crippen LogP contribution in [0.4, 0.5) is 18.0 Å². The fourth-order valence-corrected chi connectivity index (χ4v) is 2.22. The van der Waals surface area contributed by atoms with E-state index in [1.54, 1.807) is 0 Å². The van der Waals surface area contributed by atoms with E-state index in [9.17, 15) is 22.8 Å². The summed E-state index contributed by atoms with van der Waals surface area (Å²) >= 11 is 0. The largest absolute Gasteiger partial charge is 0.439 e. The maximum atomic E-state index is 12.9. The normalized spacial score (nSPS) is 12.1. The van der Waals surface area contributed by atoms with Crippen molar-refractivity contribution >= 4 is 6.09 Å². The number of hydrogen-bond donors (Lipinski definition) is 1. The van der Waals surface area contributed by atoms with E-state index in [0.29, 0.717) is 0 Å². The number of nitriles is 1. The van der Waals surface area contributed by atoms with Crippen molar-refractivity contribution in [2.75, 3.05) is 7.05 Å². The van der Waals surface area contributed by atoms with E-state index in [4.69, 9.17) is 10.00 Å². The van der Waals surface area contributed by atoms with Crippen molar-refractivity contribution in [3.8, 4) is 6.07 Å². The number of rotatable bonds is 4. The van der Waals surface area contributed by atoms with E-state index < -0.39 is 29.5 Å². The van der Waals surface area contributed by atoms with Crippen LogP contribution in [0.1, 0.15) is 22.8 Å². The van der Waals surface area contributed by atoms with E-state index >= 15 is 0 Å². The van der Waals surface area contributed by atoms with Gasteiger partial charge >= 0.3 is 12.3 Å². The Balaban J connectivity index is 2.40. The number of amides is 1. The van der Waals surface area contributed by atoms with Crippen molar-refractivity contribution in [2.24, 2.45) is 0 Å². The molecule has 0 spiro atoms. The summed E-state index contributed by atoms with van der Waals surface area (Å²) in [5, 5.41) is 11.0. The molecule has 0 aliphatic rings. The molecule has 1 unspecified atom stereocenters. The van der Waals surface area contributed by atoms with Gasteiger partial charge in [-0.2, -0.15) is 18.4 Å².